The molecule has 0 saturated heterocycles. The number of benzene rings is 1. The molecule has 0 atom stereocenters. The van der Waals surface area contributed by atoms with E-state index < -0.39 is 15.8 Å². The molecule has 0 unspecified atom stereocenters. The Balaban J connectivity index is 2.49. The molecule has 0 aromatic heterocycles. The number of carbonyl (C=O) groups is 1. The van der Waals surface area contributed by atoms with Gasteiger partial charge < -0.3 is 5.11 Å². The number of hydrogen-bond donors (Lipinski definition) is 1. The van der Waals surface area contributed by atoms with E-state index in [1.807, 2.05) is 31.2 Å². The molecule has 4 nitrogen and oxygen atoms in total. The predicted octanol–water partition coefficient (Wildman–Crippen LogP) is 1.43. The lowest BCUT2D eigenvalue weighted by Crippen LogP contribution is -2.15. The number of rotatable bonds is 6. The Morgan fingerprint density at radius 2 is 1.76 bits per heavy atom. The summed E-state index contributed by atoms with van der Waals surface area (Å²) in [5.74, 6) is -1.36. The molecule has 94 valence electrons. The third kappa shape index (κ3) is 5.49. The number of sulfone groups is 1. The summed E-state index contributed by atoms with van der Waals surface area (Å²) in [7, 11) is -3.27. The van der Waals surface area contributed by atoms with E-state index in [4.69, 9.17) is 5.11 Å². The summed E-state index contributed by atoms with van der Waals surface area (Å²) >= 11 is 0. The Kier molecular flexibility index (Phi) is 4.69. The van der Waals surface area contributed by atoms with Crippen molar-refractivity contribution < 1.29 is 18.3 Å². The van der Waals surface area contributed by atoms with Crippen LogP contribution in [-0.4, -0.2) is 31.0 Å². The van der Waals surface area contributed by atoms with Gasteiger partial charge in [-0.05, 0) is 18.9 Å². The molecule has 1 rings (SSSR count). The molecule has 0 saturated carbocycles. The van der Waals surface area contributed by atoms with Gasteiger partial charge in [0.25, 0.3) is 0 Å². The zero-order valence-corrected chi connectivity index (χ0v) is 10.5. The van der Waals surface area contributed by atoms with Gasteiger partial charge in [-0.25, -0.2) is 8.42 Å². The Morgan fingerprint density at radius 3 is 2.29 bits per heavy atom. The van der Waals surface area contributed by atoms with Gasteiger partial charge in [-0.2, -0.15) is 0 Å². The van der Waals surface area contributed by atoms with E-state index in [9.17, 15) is 13.2 Å². The van der Waals surface area contributed by atoms with Crippen molar-refractivity contribution in [1.82, 2.24) is 0 Å². The maximum Gasteiger partial charge on any atom is 0.304 e. The quantitative estimate of drug-likeness (QED) is 0.835. The topological polar surface area (TPSA) is 71.4 Å². The SMILES string of the molecule is Cc1ccc(CCS(=O)(=O)CCC(=O)O)cc1. The molecule has 0 aliphatic heterocycles. The second-order valence-electron chi connectivity index (χ2n) is 4.03. The van der Waals surface area contributed by atoms with Crippen molar-refractivity contribution in [3.05, 3.63) is 35.4 Å². The van der Waals surface area contributed by atoms with Crippen molar-refractivity contribution in [2.45, 2.75) is 19.8 Å². The maximum atomic E-state index is 11.5. The van der Waals surface area contributed by atoms with Gasteiger partial charge in [-0.15, -0.1) is 0 Å². The standard InChI is InChI=1S/C12H16O4S/c1-10-2-4-11(5-3-10)6-8-17(15,16)9-7-12(13)14/h2-5H,6-9H2,1H3,(H,13,14). The van der Waals surface area contributed by atoms with Gasteiger partial charge in [0.2, 0.25) is 0 Å². The summed E-state index contributed by atoms with van der Waals surface area (Å²) in [6.07, 6.45) is 0.110. The lowest BCUT2D eigenvalue weighted by molar-refractivity contribution is -0.136. The minimum atomic E-state index is -3.27. The minimum absolute atomic E-state index is 0.00331. The van der Waals surface area contributed by atoms with E-state index in [1.165, 1.54) is 0 Å². The van der Waals surface area contributed by atoms with Gasteiger partial charge in [-0.1, -0.05) is 29.8 Å². The summed E-state index contributed by atoms with van der Waals surface area (Å²) in [5, 5.41) is 8.43. The lowest BCUT2D eigenvalue weighted by Gasteiger charge is -2.03. The van der Waals surface area contributed by atoms with Crippen LogP contribution in [-0.2, 0) is 21.1 Å². The zero-order chi connectivity index (χ0) is 12.9. The van der Waals surface area contributed by atoms with Crippen LogP contribution in [0.1, 0.15) is 17.5 Å². The first-order chi connectivity index (χ1) is 7.89. The summed E-state index contributed by atoms with van der Waals surface area (Å²) < 4.78 is 23.0. The first kappa shape index (κ1) is 13.7. The minimum Gasteiger partial charge on any atom is -0.481 e. The Hall–Kier alpha value is -1.36. The van der Waals surface area contributed by atoms with Crippen LogP contribution in [0.25, 0.3) is 0 Å². The van der Waals surface area contributed by atoms with Crippen molar-refractivity contribution in [3.63, 3.8) is 0 Å². The molecule has 1 aromatic carbocycles. The lowest BCUT2D eigenvalue weighted by atomic mass is 10.1. The first-order valence-electron chi connectivity index (χ1n) is 5.37. The van der Waals surface area contributed by atoms with Crippen LogP contribution >= 0.6 is 0 Å². The van der Waals surface area contributed by atoms with Gasteiger partial charge in [0.1, 0.15) is 0 Å². The van der Waals surface area contributed by atoms with E-state index in [0.717, 1.165) is 11.1 Å². The maximum absolute atomic E-state index is 11.5. The van der Waals surface area contributed by atoms with Crippen LogP contribution in [0.15, 0.2) is 24.3 Å². The van der Waals surface area contributed by atoms with Crippen LogP contribution < -0.4 is 0 Å². The molecule has 0 heterocycles. The summed E-state index contributed by atoms with van der Waals surface area (Å²) in [4.78, 5) is 10.3. The third-order valence-electron chi connectivity index (χ3n) is 2.45. The Bertz CT molecular complexity index is 474. The third-order valence-corrected chi connectivity index (χ3v) is 4.10. The molecule has 0 bridgehead atoms. The highest BCUT2D eigenvalue weighted by Gasteiger charge is 2.13. The molecule has 17 heavy (non-hydrogen) atoms. The summed E-state index contributed by atoms with van der Waals surface area (Å²) in [5.41, 5.74) is 2.08. The second-order valence-corrected chi connectivity index (χ2v) is 6.33. The summed E-state index contributed by atoms with van der Waals surface area (Å²) in [6, 6.07) is 7.64. The number of carboxylic acid groups (broad SMARTS) is 1. The molecule has 0 aliphatic rings. The first-order valence-corrected chi connectivity index (χ1v) is 7.19. The fourth-order valence-corrected chi connectivity index (χ4v) is 2.61. The van der Waals surface area contributed by atoms with Crippen LogP contribution in [0.2, 0.25) is 0 Å². The zero-order valence-electron chi connectivity index (χ0n) is 9.72. The Labute approximate surface area is 101 Å². The summed E-state index contributed by atoms with van der Waals surface area (Å²) in [6.45, 7) is 1.97. The van der Waals surface area contributed by atoms with E-state index in [-0.39, 0.29) is 17.9 Å². The number of hydrogen-bond acceptors (Lipinski definition) is 3. The van der Waals surface area contributed by atoms with Crippen LogP contribution in [0.4, 0.5) is 0 Å². The number of carboxylic acids is 1. The van der Waals surface area contributed by atoms with Crippen LogP contribution in [0.3, 0.4) is 0 Å². The molecule has 0 radical (unpaired) electrons. The number of aliphatic carboxylic acids is 1. The molecule has 0 amide bonds. The van der Waals surface area contributed by atoms with E-state index in [2.05, 4.69) is 0 Å². The van der Waals surface area contributed by atoms with Crippen molar-refractivity contribution in [3.8, 4) is 0 Å². The molecule has 0 aliphatic carbocycles. The van der Waals surface area contributed by atoms with Gasteiger partial charge >= 0.3 is 5.97 Å². The van der Waals surface area contributed by atoms with Crippen molar-refractivity contribution in [2.24, 2.45) is 0 Å². The largest absolute Gasteiger partial charge is 0.481 e. The van der Waals surface area contributed by atoms with Gasteiger partial charge in [-0.3, -0.25) is 4.79 Å². The van der Waals surface area contributed by atoms with Gasteiger partial charge in [0.15, 0.2) is 9.84 Å². The normalized spacial score (nSPS) is 11.4. The molecule has 1 aromatic rings. The van der Waals surface area contributed by atoms with Gasteiger partial charge in [0.05, 0.1) is 17.9 Å². The number of aryl methyl sites for hydroxylation is 2. The monoisotopic (exact) mass is 256 g/mol. The smallest absolute Gasteiger partial charge is 0.304 e. The molecule has 5 heteroatoms. The van der Waals surface area contributed by atoms with Crippen LogP contribution in [0, 0.1) is 6.92 Å². The second kappa shape index (κ2) is 5.82. The van der Waals surface area contributed by atoms with Crippen molar-refractivity contribution in [2.75, 3.05) is 11.5 Å². The van der Waals surface area contributed by atoms with E-state index in [0.29, 0.717) is 6.42 Å². The average Bonchev–Trinajstić information content (AvgIpc) is 2.26. The fraction of sp³-hybridized carbons (Fsp3) is 0.417. The van der Waals surface area contributed by atoms with Crippen LogP contribution in [0.5, 0.6) is 0 Å². The van der Waals surface area contributed by atoms with Gasteiger partial charge in [0, 0.05) is 0 Å². The highest BCUT2D eigenvalue weighted by molar-refractivity contribution is 7.91. The average molecular weight is 256 g/mol. The van der Waals surface area contributed by atoms with E-state index in [1.54, 1.807) is 0 Å². The van der Waals surface area contributed by atoms with Crippen molar-refractivity contribution >= 4 is 15.8 Å². The molecule has 0 fully saturated rings. The fourth-order valence-electron chi connectivity index (χ4n) is 1.37. The molecular formula is C12H16O4S. The highest BCUT2D eigenvalue weighted by atomic mass is 32.2. The predicted molar refractivity (Wildman–Crippen MR) is 65.8 cm³/mol. The molecule has 0 spiro atoms. The van der Waals surface area contributed by atoms with Crippen molar-refractivity contribution in [1.29, 1.82) is 0 Å². The van der Waals surface area contributed by atoms with E-state index >= 15 is 0 Å². The Morgan fingerprint density at radius 1 is 1.18 bits per heavy atom. The molecule has 1 N–H and O–H groups in total. The highest BCUT2D eigenvalue weighted by Crippen LogP contribution is 2.06. The molecular weight excluding hydrogens is 240 g/mol.